The van der Waals surface area contributed by atoms with Crippen molar-refractivity contribution in [2.75, 3.05) is 6.54 Å². The first-order chi connectivity index (χ1) is 6.59. The Morgan fingerprint density at radius 1 is 1.50 bits per heavy atom. The van der Waals surface area contributed by atoms with Gasteiger partial charge in [-0.3, -0.25) is 4.68 Å². The van der Waals surface area contributed by atoms with E-state index in [-0.39, 0.29) is 5.38 Å². The molecule has 1 aromatic heterocycles. The van der Waals surface area contributed by atoms with Crippen molar-refractivity contribution in [1.29, 1.82) is 0 Å². The molecule has 14 heavy (non-hydrogen) atoms. The fourth-order valence-electron chi connectivity index (χ4n) is 1.16. The third-order valence-electron chi connectivity index (χ3n) is 1.92. The van der Waals surface area contributed by atoms with E-state index in [0.717, 1.165) is 18.8 Å². The van der Waals surface area contributed by atoms with Gasteiger partial charge in [0.05, 0.1) is 5.69 Å². The van der Waals surface area contributed by atoms with Crippen molar-refractivity contribution in [3.8, 4) is 0 Å². The monoisotopic (exact) mass is 215 g/mol. The second-order valence-electron chi connectivity index (χ2n) is 3.79. The Morgan fingerprint density at radius 2 is 2.21 bits per heavy atom. The number of hydrogen-bond acceptors (Lipinski definition) is 2. The van der Waals surface area contributed by atoms with Crippen molar-refractivity contribution in [2.24, 2.45) is 0 Å². The number of nitrogens with one attached hydrogen (secondary N) is 1. The maximum atomic E-state index is 5.81. The third-order valence-corrected chi connectivity index (χ3v) is 2.08. The minimum Gasteiger partial charge on any atom is -0.310 e. The quantitative estimate of drug-likeness (QED) is 0.764. The lowest BCUT2D eigenvalue weighted by molar-refractivity contribution is 0.521. The lowest BCUT2D eigenvalue weighted by Crippen LogP contribution is -2.21. The van der Waals surface area contributed by atoms with Gasteiger partial charge < -0.3 is 5.32 Å². The van der Waals surface area contributed by atoms with E-state index in [2.05, 4.69) is 24.3 Å². The number of halogens is 1. The molecule has 0 aliphatic heterocycles. The first-order valence-electron chi connectivity index (χ1n) is 4.98. The zero-order valence-corrected chi connectivity index (χ0v) is 9.75. The van der Waals surface area contributed by atoms with Crippen LogP contribution in [0.15, 0.2) is 12.3 Å². The predicted molar refractivity (Wildman–Crippen MR) is 59.6 cm³/mol. The molecule has 4 heteroatoms. The Morgan fingerprint density at radius 3 is 2.71 bits per heavy atom. The van der Waals surface area contributed by atoms with E-state index in [9.17, 15) is 0 Å². The summed E-state index contributed by atoms with van der Waals surface area (Å²) in [5.74, 6) is 0. The second-order valence-corrected chi connectivity index (χ2v) is 4.54. The van der Waals surface area contributed by atoms with Crippen LogP contribution in [0.3, 0.4) is 0 Å². The van der Waals surface area contributed by atoms with Crippen LogP contribution in [0.4, 0.5) is 0 Å². The van der Waals surface area contributed by atoms with Crippen molar-refractivity contribution in [3.63, 3.8) is 0 Å². The molecule has 0 amide bonds. The highest BCUT2D eigenvalue weighted by molar-refractivity contribution is 6.20. The summed E-state index contributed by atoms with van der Waals surface area (Å²) in [6.45, 7) is 7.81. The van der Waals surface area contributed by atoms with Gasteiger partial charge in [0.2, 0.25) is 0 Å². The van der Waals surface area contributed by atoms with E-state index >= 15 is 0 Å². The zero-order valence-electron chi connectivity index (χ0n) is 9.00. The largest absolute Gasteiger partial charge is 0.310 e. The van der Waals surface area contributed by atoms with Gasteiger partial charge in [-0.15, -0.1) is 11.6 Å². The topological polar surface area (TPSA) is 29.9 Å². The van der Waals surface area contributed by atoms with E-state index in [0.29, 0.717) is 6.04 Å². The van der Waals surface area contributed by atoms with Crippen LogP contribution in [-0.4, -0.2) is 21.7 Å². The summed E-state index contributed by atoms with van der Waals surface area (Å²) in [7, 11) is 0. The average molecular weight is 216 g/mol. The van der Waals surface area contributed by atoms with Crippen LogP contribution in [0, 0.1) is 0 Å². The van der Waals surface area contributed by atoms with Crippen molar-refractivity contribution in [1.82, 2.24) is 15.1 Å². The van der Waals surface area contributed by atoms with Crippen LogP contribution in [0.1, 0.15) is 32.5 Å². The van der Waals surface area contributed by atoms with Gasteiger partial charge in [-0.2, -0.15) is 5.10 Å². The van der Waals surface area contributed by atoms with E-state index in [1.54, 1.807) is 0 Å². The Hall–Kier alpha value is -0.540. The number of rotatable bonds is 5. The van der Waals surface area contributed by atoms with Crippen LogP contribution < -0.4 is 5.32 Å². The van der Waals surface area contributed by atoms with Crippen LogP contribution >= 0.6 is 11.6 Å². The molecule has 80 valence electrons. The summed E-state index contributed by atoms with van der Waals surface area (Å²) < 4.78 is 1.96. The average Bonchev–Trinajstić information content (AvgIpc) is 2.52. The summed E-state index contributed by atoms with van der Waals surface area (Å²) in [6.07, 6.45) is 2.01. The van der Waals surface area contributed by atoms with Gasteiger partial charge in [-0.25, -0.2) is 0 Å². The van der Waals surface area contributed by atoms with E-state index in [4.69, 9.17) is 11.6 Å². The molecule has 0 aliphatic carbocycles. The molecule has 1 aromatic rings. The molecule has 0 aromatic carbocycles. The molecule has 1 atom stereocenters. The highest BCUT2D eigenvalue weighted by Crippen LogP contribution is 2.03. The van der Waals surface area contributed by atoms with Crippen molar-refractivity contribution >= 4 is 11.6 Å². The van der Waals surface area contributed by atoms with Crippen molar-refractivity contribution < 1.29 is 0 Å². The van der Waals surface area contributed by atoms with E-state index in [1.165, 1.54) is 0 Å². The zero-order chi connectivity index (χ0) is 10.6. The molecule has 0 aliphatic rings. The Balaban J connectivity index is 2.36. The molecule has 0 fully saturated rings. The molecule has 1 heterocycles. The molecule has 1 unspecified atom stereocenters. The number of hydrogen-bond donors (Lipinski definition) is 1. The molecule has 3 nitrogen and oxygen atoms in total. The number of alkyl halides is 1. The lowest BCUT2D eigenvalue weighted by atomic mass is 10.4. The van der Waals surface area contributed by atoms with Crippen LogP contribution in [0.2, 0.25) is 0 Å². The number of aromatic nitrogens is 2. The van der Waals surface area contributed by atoms with Gasteiger partial charge >= 0.3 is 0 Å². The normalized spacial score (nSPS) is 13.5. The molecular formula is C10H18ClN3. The van der Waals surface area contributed by atoms with Gasteiger partial charge in [0, 0.05) is 30.7 Å². The highest BCUT2D eigenvalue weighted by Gasteiger charge is 2.02. The fraction of sp³-hybridized carbons (Fsp3) is 0.700. The maximum absolute atomic E-state index is 5.81. The molecule has 0 saturated carbocycles. The Labute approximate surface area is 90.4 Å². The van der Waals surface area contributed by atoms with Crippen LogP contribution in [-0.2, 0) is 6.54 Å². The van der Waals surface area contributed by atoms with Gasteiger partial charge in [-0.1, -0.05) is 0 Å². The molecule has 1 N–H and O–H groups in total. The third kappa shape index (κ3) is 3.68. The van der Waals surface area contributed by atoms with Gasteiger partial charge in [-0.05, 0) is 26.8 Å². The smallest absolute Gasteiger partial charge is 0.0762 e. The summed E-state index contributed by atoms with van der Waals surface area (Å²) >= 11 is 5.81. The van der Waals surface area contributed by atoms with Crippen molar-refractivity contribution in [3.05, 3.63) is 18.0 Å². The van der Waals surface area contributed by atoms with Crippen LogP contribution in [0.25, 0.3) is 0 Å². The summed E-state index contributed by atoms with van der Waals surface area (Å²) in [4.78, 5) is 0. The van der Waals surface area contributed by atoms with E-state index < -0.39 is 0 Å². The molecule has 0 bridgehead atoms. The molecule has 0 radical (unpaired) electrons. The molecular weight excluding hydrogens is 198 g/mol. The van der Waals surface area contributed by atoms with E-state index in [1.807, 2.05) is 23.9 Å². The van der Waals surface area contributed by atoms with Gasteiger partial charge in [0.1, 0.15) is 0 Å². The summed E-state index contributed by atoms with van der Waals surface area (Å²) in [5.41, 5.74) is 1.07. The first-order valence-corrected chi connectivity index (χ1v) is 5.42. The minimum atomic E-state index is 0.169. The minimum absolute atomic E-state index is 0.169. The summed E-state index contributed by atoms with van der Waals surface area (Å²) in [6, 6.07) is 2.46. The fourth-order valence-corrected chi connectivity index (χ4v) is 1.27. The molecule has 0 spiro atoms. The predicted octanol–water partition coefficient (Wildman–Crippen LogP) is 2.18. The van der Waals surface area contributed by atoms with Crippen LogP contribution in [0.5, 0.6) is 0 Å². The maximum Gasteiger partial charge on any atom is 0.0762 e. The standard InChI is InChI=1S/C10H18ClN3/c1-8(2)14-5-4-10(13-14)7-12-6-9(3)11/h4-5,8-9,12H,6-7H2,1-3H3. The Bertz CT molecular complexity index is 268. The second kappa shape index (κ2) is 5.37. The number of nitrogens with zero attached hydrogens (tertiary/aromatic N) is 2. The van der Waals surface area contributed by atoms with Gasteiger partial charge in [0.15, 0.2) is 0 Å². The lowest BCUT2D eigenvalue weighted by Gasteiger charge is -2.05. The molecule has 0 saturated heterocycles. The summed E-state index contributed by atoms with van der Waals surface area (Å²) in [5, 5.41) is 7.83. The van der Waals surface area contributed by atoms with Crippen molar-refractivity contribution in [2.45, 2.75) is 38.7 Å². The Kier molecular flexibility index (Phi) is 4.42. The molecule has 1 rings (SSSR count). The first kappa shape index (κ1) is 11.5. The van der Waals surface area contributed by atoms with Gasteiger partial charge in [0.25, 0.3) is 0 Å². The highest BCUT2D eigenvalue weighted by atomic mass is 35.5. The SMILES string of the molecule is CC(Cl)CNCc1ccn(C(C)C)n1.